The van der Waals surface area contributed by atoms with Crippen molar-refractivity contribution in [1.82, 2.24) is 0 Å². The third-order valence-electron chi connectivity index (χ3n) is 4.39. The zero-order valence-electron chi connectivity index (χ0n) is 14.9. The van der Waals surface area contributed by atoms with Crippen LogP contribution in [0, 0.1) is 12.7 Å². The summed E-state index contributed by atoms with van der Waals surface area (Å²) in [4.78, 5) is 0. The van der Waals surface area contributed by atoms with Crippen molar-refractivity contribution < 1.29 is 13.2 Å². The van der Waals surface area contributed by atoms with Crippen molar-refractivity contribution in [3.63, 3.8) is 0 Å². The second-order valence-corrected chi connectivity index (χ2v) is 6.45. The SMILES string of the molecule is CCCCCCCc1ccc(/C(F)=C(\F)c2ccc(C)c(F)c2)cc1. The molecule has 3 heteroatoms. The first kappa shape index (κ1) is 19.3. The van der Waals surface area contributed by atoms with Crippen LogP contribution in [-0.4, -0.2) is 0 Å². The van der Waals surface area contributed by atoms with Gasteiger partial charge in [0, 0.05) is 11.1 Å². The zero-order valence-corrected chi connectivity index (χ0v) is 14.9. The van der Waals surface area contributed by atoms with Gasteiger partial charge in [0.25, 0.3) is 0 Å². The number of aryl methyl sites for hydroxylation is 2. The topological polar surface area (TPSA) is 0 Å². The Kier molecular flexibility index (Phi) is 7.30. The number of rotatable bonds is 8. The van der Waals surface area contributed by atoms with Crippen LogP contribution in [0.2, 0.25) is 0 Å². The highest BCUT2D eigenvalue weighted by Crippen LogP contribution is 2.29. The normalized spacial score (nSPS) is 12.2. The first-order chi connectivity index (χ1) is 12.0. The Labute approximate surface area is 148 Å². The van der Waals surface area contributed by atoms with E-state index in [9.17, 15) is 13.2 Å². The van der Waals surface area contributed by atoms with Gasteiger partial charge in [0.2, 0.25) is 0 Å². The van der Waals surface area contributed by atoms with Crippen molar-refractivity contribution in [1.29, 1.82) is 0 Å². The molecular weight excluding hydrogens is 321 g/mol. The highest BCUT2D eigenvalue weighted by Gasteiger charge is 2.13. The molecular formula is C22H25F3. The molecule has 0 amide bonds. The molecule has 2 aromatic rings. The zero-order chi connectivity index (χ0) is 18.2. The van der Waals surface area contributed by atoms with Crippen LogP contribution in [0.1, 0.15) is 61.3 Å². The fourth-order valence-electron chi connectivity index (χ4n) is 2.73. The third-order valence-corrected chi connectivity index (χ3v) is 4.39. The van der Waals surface area contributed by atoms with Crippen LogP contribution in [0.15, 0.2) is 42.5 Å². The number of unbranched alkanes of at least 4 members (excludes halogenated alkanes) is 4. The predicted molar refractivity (Wildman–Crippen MR) is 99.1 cm³/mol. The number of benzene rings is 2. The van der Waals surface area contributed by atoms with E-state index in [0.717, 1.165) is 24.5 Å². The molecule has 134 valence electrons. The average molecular weight is 346 g/mol. The molecule has 0 spiro atoms. The van der Waals surface area contributed by atoms with Gasteiger partial charge in [0.15, 0.2) is 11.7 Å². The minimum absolute atomic E-state index is 0.0828. The van der Waals surface area contributed by atoms with Gasteiger partial charge < -0.3 is 0 Å². The van der Waals surface area contributed by atoms with E-state index < -0.39 is 17.5 Å². The quantitative estimate of drug-likeness (QED) is 0.345. The van der Waals surface area contributed by atoms with Gasteiger partial charge in [-0.1, -0.05) is 69.0 Å². The van der Waals surface area contributed by atoms with Gasteiger partial charge in [-0.25, -0.2) is 13.2 Å². The molecule has 0 bridgehead atoms. The van der Waals surface area contributed by atoms with Gasteiger partial charge in [0.05, 0.1) is 0 Å². The second kappa shape index (κ2) is 9.45. The van der Waals surface area contributed by atoms with Crippen LogP contribution in [-0.2, 0) is 6.42 Å². The standard InChI is InChI=1S/C22H25F3/c1-3-4-5-6-7-8-17-10-13-18(14-11-17)21(24)22(25)19-12-9-16(2)20(23)15-19/h9-15H,3-8H2,1-2H3/b22-21+. The van der Waals surface area contributed by atoms with E-state index in [0.29, 0.717) is 5.56 Å². The molecule has 0 N–H and O–H groups in total. The third kappa shape index (κ3) is 5.48. The fourth-order valence-corrected chi connectivity index (χ4v) is 2.73. The summed E-state index contributed by atoms with van der Waals surface area (Å²) < 4.78 is 42.2. The monoisotopic (exact) mass is 346 g/mol. The van der Waals surface area contributed by atoms with Gasteiger partial charge in [-0.15, -0.1) is 0 Å². The molecule has 25 heavy (non-hydrogen) atoms. The number of hydrogen-bond donors (Lipinski definition) is 0. The highest BCUT2D eigenvalue weighted by atomic mass is 19.2. The molecule has 0 aliphatic rings. The second-order valence-electron chi connectivity index (χ2n) is 6.45. The summed E-state index contributed by atoms with van der Waals surface area (Å²) in [6.45, 7) is 3.77. The maximum absolute atomic E-state index is 14.4. The van der Waals surface area contributed by atoms with Crippen LogP contribution < -0.4 is 0 Å². The van der Waals surface area contributed by atoms with Crippen molar-refractivity contribution in [2.45, 2.75) is 52.4 Å². The smallest absolute Gasteiger partial charge is 0.166 e. The molecule has 0 aliphatic heterocycles. The predicted octanol–water partition coefficient (Wildman–Crippen LogP) is 7.41. The lowest BCUT2D eigenvalue weighted by molar-refractivity contribution is 0.616. The van der Waals surface area contributed by atoms with E-state index in [2.05, 4.69) is 6.92 Å². The van der Waals surface area contributed by atoms with Crippen LogP contribution in [0.5, 0.6) is 0 Å². The Morgan fingerprint density at radius 3 is 2.04 bits per heavy atom. The van der Waals surface area contributed by atoms with Crippen molar-refractivity contribution in [3.8, 4) is 0 Å². The highest BCUT2D eigenvalue weighted by molar-refractivity contribution is 5.83. The number of hydrogen-bond acceptors (Lipinski definition) is 0. The lowest BCUT2D eigenvalue weighted by atomic mass is 10.0. The Bertz CT molecular complexity index is 715. The lowest BCUT2D eigenvalue weighted by Gasteiger charge is -2.06. The molecule has 0 fully saturated rings. The first-order valence-electron chi connectivity index (χ1n) is 8.94. The van der Waals surface area contributed by atoms with Crippen LogP contribution in [0.25, 0.3) is 11.7 Å². The van der Waals surface area contributed by atoms with E-state index in [4.69, 9.17) is 0 Å². The molecule has 0 radical (unpaired) electrons. The summed E-state index contributed by atoms with van der Waals surface area (Å²) in [5.74, 6) is -2.54. The van der Waals surface area contributed by atoms with Crippen LogP contribution in [0.4, 0.5) is 13.2 Å². The van der Waals surface area contributed by atoms with Gasteiger partial charge in [-0.3, -0.25) is 0 Å². The van der Waals surface area contributed by atoms with Crippen molar-refractivity contribution in [2.75, 3.05) is 0 Å². The van der Waals surface area contributed by atoms with E-state index in [1.54, 1.807) is 19.1 Å². The molecule has 0 aliphatic carbocycles. The summed E-state index contributed by atoms with van der Waals surface area (Å²) in [6.07, 6.45) is 6.96. The molecule has 2 aromatic carbocycles. The van der Waals surface area contributed by atoms with E-state index >= 15 is 0 Å². The summed E-state index contributed by atoms with van der Waals surface area (Å²) in [6, 6.07) is 10.7. The van der Waals surface area contributed by atoms with Crippen molar-refractivity contribution >= 4 is 11.7 Å². The Balaban J connectivity index is 2.05. The van der Waals surface area contributed by atoms with Crippen LogP contribution >= 0.6 is 0 Å². The van der Waals surface area contributed by atoms with Crippen molar-refractivity contribution in [3.05, 3.63) is 70.5 Å². The Morgan fingerprint density at radius 1 is 0.800 bits per heavy atom. The summed E-state index contributed by atoms with van der Waals surface area (Å²) in [5.41, 5.74) is 1.61. The molecule has 0 aromatic heterocycles. The summed E-state index contributed by atoms with van der Waals surface area (Å²) in [7, 11) is 0. The fraction of sp³-hybridized carbons (Fsp3) is 0.364. The largest absolute Gasteiger partial charge is 0.207 e. The molecule has 0 nitrogen and oxygen atoms in total. The maximum Gasteiger partial charge on any atom is 0.166 e. The summed E-state index contributed by atoms with van der Waals surface area (Å²) >= 11 is 0. The van der Waals surface area contributed by atoms with Gasteiger partial charge in [0.1, 0.15) is 5.82 Å². The van der Waals surface area contributed by atoms with Gasteiger partial charge >= 0.3 is 0 Å². The van der Waals surface area contributed by atoms with Gasteiger partial charge in [-0.2, -0.15) is 0 Å². The van der Waals surface area contributed by atoms with Crippen molar-refractivity contribution in [2.24, 2.45) is 0 Å². The molecule has 0 heterocycles. The Hall–Kier alpha value is -2.03. The molecule has 0 atom stereocenters. The molecule has 0 saturated carbocycles. The van der Waals surface area contributed by atoms with Gasteiger partial charge in [-0.05, 0) is 37.0 Å². The molecule has 0 unspecified atom stereocenters. The van der Waals surface area contributed by atoms with Crippen LogP contribution in [0.3, 0.4) is 0 Å². The minimum Gasteiger partial charge on any atom is -0.207 e. The molecule has 2 rings (SSSR count). The van der Waals surface area contributed by atoms with E-state index in [-0.39, 0.29) is 11.1 Å². The average Bonchev–Trinajstić information content (AvgIpc) is 2.63. The first-order valence-corrected chi connectivity index (χ1v) is 8.94. The minimum atomic E-state index is -1.04. The van der Waals surface area contributed by atoms with E-state index in [1.165, 1.54) is 37.8 Å². The molecule has 0 saturated heterocycles. The van der Waals surface area contributed by atoms with E-state index in [1.807, 2.05) is 12.1 Å². The lowest BCUT2D eigenvalue weighted by Crippen LogP contribution is -1.90. The summed E-state index contributed by atoms with van der Waals surface area (Å²) in [5, 5.41) is 0. The Morgan fingerprint density at radius 2 is 1.40 bits per heavy atom. The maximum atomic E-state index is 14.4. The number of halogens is 3.